The van der Waals surface area contributed by atoms with Crippen molar-refractivity contribution in [2.75, 3.05) is 19.5 Å². The lowest BCUT2D eigenvalue weighted by Crippen LogP contribution is -2.24. The monoisotopic (exact) mass is 444 g/mol. The first-order valence-electron chi connectivity index (χ1n) is 10.5. The van der Waals surface area contributed by atoms with Gasteiger partial charge in [-0.15, -0.1) is 0 Å². The number of aromatic nitrogens is 1. The highest BCUT2D eigenvalue weighted by molar-refractivity contribution is 5.92. The zero-order valence-electron chi connectivity index (χ0n) is 19.3. The van der Waals surface area contributed by atoms with E-state index in [1.165, 1.54) is 6.20 Å². The number of hydrogen-bond acceptors (Lipinski definition) is 7. The molecule has 0 spiro atoms. The summed E-state index contributed by atoms with van der Waals surface area (Å²) in [7, 11) is 3.16. The molecule has 2 N–H and O–H groups in total. The first kappa shape index (κ1) is 25.1. The summed E-state index contributed by atoms with van der Waals surface area (Å²) in [5.41, 5.74) is 1.47. The predicted octanol–water partition coefficient (Wildman–Crippen LogP) is 3.83. The zero-order chi connectivity index (χ0) is 23.7. The van der Waals surface area contributed by atoms with E-state index in [0.29, 0.717) is 35.6 Å². The number of carbonyl (C=O) groups excluding carboxylic acids is 2. The lowest BCUT2D eigenvalue weighted by Gasteiger charge is -2.19. The fourth-order valence-electron chi connectivity index (χ4n) is 3.05. The summed E-state index contributed by atoms with van der Waals surface area (Å²) < 4.78 is 15.8. The molecule has 1 aromatic heterocycles. The summed E-state index contributed by atoms with van der Waals surface area (Å²) in [6.45, 7) is 5.33. The maximum Gasteiger partial charge on any atom is 0.306 e. The van der Waals surface area contributed by atoms with Gasteiger partial charge in [-0.25, -0.2) is 0 Å². The molecule has 0 radical (unpaired) electrons. The Bertz CT molecular complexity index is 923. The second-order valence-electron chi connectivity index (χ2n) is 8.39. The van der Waals surface area contributed by atoms with E-state index in [4.69, 9.17) is 14.2 Å². The second-order valence-corrected chi connectivity index (χ2v) is 8.39. The number of aliphatic hydroxyl groups is 1. The summed E-state index contributed by atoms with van der Waals surface area (Å²) >= 11 is 0. The smallest absolute Gasteiger partial charge is 0.306 e. The van der Waals surface area contributed by atoms with Gasteiger partial charge in [0.1, 0.15) is 5.60 Å². The molecule has 2 rings (SSSR count). The van der Waals surface area contributed by atoms with E-state index < -0.39 is 17.7 Å². The van der Waals surface area contributed by atoms with E-state index in [9.17, 15) is 14.7 Å². The molecule has 2 aromatic rings. The van der Waals surface area contributed by atoms with Crippen LogP contribution in [-0.4, -0.2) is 41.8 Å². The quantitative estimate of drug-likeness (QED) is 0.536. The number of ether oxygens (including phenoxy) is 3. The third-order valence-electron chi connectivity index (χ3n) is 4.56. The van der Waals surface area contributed by atoms with Gasteiger partial charge in [0.15, 0.2) is 11.5 Å². The molecule has 1 aromatic carbocycles. The molecular weight excluding hydrogens is 412 g/mol. The third-order valence-corrected chi connectivity index (χ3v) is 4.56. The minimum absolute atomic E-state index is 0.000989. The number of nitrogens with one attached hydrogen (secondary N) is 1. The third kappa shape index (κ3) is 8.19. The Morgan fingerprint density at radius 2 is 1.78 bits per heavy atom. The fraction of sp³-hybridized carbons (Fsp3) is 0.458. The average molecular weight is 445 g/mol. The highest BCUT2D eigenvalue weighted by Gasteiger charge is 2.17. The molecule has 0 saturated carbocycles. The first-order valence-corrected chi connectivity index (χ1v) is 10.5. The molecule has 1 unspecified atom stereocenters. The molecule has 1 heterocycles. The molecule has 0 aliphatic heterocycles. The number of aliphatic hydroxyl groups excluding tert-OH is 1. The Morgan fingerprint density at radius 3 is 2.44 bits per heavy atom. The molecule has 174 valence electrons. The van der Waals surface area contributed by atoms with E-state index in [-0.39, 0.29) is 18.7 Å². The van der Waals surface area contributed by atoms with Crippen LogP contribution in [0.5, 0.6) is 11.5 Å². The van der Waals surface area contributed by atoms with Crippen molar-refractivity contribution in [2.24, 2.45) is 0 Å². The van der Waals surface area contributed by atoms with E-state index >= 15 is 0 Å². The van der Waals surface area contributed by atoms with Gasteiger partial charge in [0, 0.05) is 18.2 Å². The molecule has 32 heavy (non-hydrogen) atoms. The number of anilines is 1. The van der Waals surface area contributed by atoms with Gasteiger partial charge in [0.2, 0.25) is 5.91 Å². The highest BCUT2D eigenvalue weighted by atomic mass is 16.6. The first-order chi connectivity index (χ1) is 15.1. The van der Waals surface area contributed by atoms with Crippen LogP contribution in [0.25, 0.3) is 0 Å². The van der Waals surface area contributed by atoms with Crippen molar-refractivity contribution in [1.29, 1.82) is 0 Å². The molecule has 8 nitrogen and oxygen atoms in total. The van der Waals surface area contributed by atoms with Gasteiger partial charge in [0.25, 0.3) is 0 Å². The summed E-state index contributed by atoms with van der Waals surface area (Å²) in [6, 6.07) is 7.31. The molecule has 0 fully saturated rings. The Balaban J connectivity index is 1.90. The van der Waals surface area contributed by atoms with Gasteiger partial charge >= 0.3 is 5.97 Å². The van der Waals surface area contributed by atoms with Crippen LogP contribution in [0, 0.1) is 0 Å². The molecule has 0 saturated heterocycles. The number of benzene rings is 1. The van der Waals surface area contributed by atoms with Crippen LogP contribution in [-0.2, 0) is 20.7 Å². The number of nitrogens with zero attached hydrogens (tertiary/aromatic N) is 1. The lowest BCUT2D eigenvalue weighted by atomic mass is 10.0. The Kier molecular flexibility index (Phi) is 9.02. The van der Waals surface area contributed by atoms with Gasteiger partial charge < -0.3 is 24.6 Å². The number of pyridine rings is 1. The molecular formula is C24H32N2O6. The van der Waals surface area contributed by atoms with Crippen molar-refractivity contribution in [3.05, 3.63) is 47.8 Å². The zero-order valence-corrected chi connectivity index (χ0v) is 19.3. The van der Waals surface area contributed by atoms with Crippen LogP contribution in [0.2, 0.25) is 0 Å². The standard InChI is InChI=1S/C24H32N2O6/c1-24(2,3)32-23(29)11-10-22(28)26-18-13-17(14-25-15-18)19(27)8-6-16-7-9-20(30-4)21(12-16)31-5/h7,9,12-15,19,27H,6,8,10-11H2,1-5H3,(H,26,28). The van der Waals surface area contributed by atoms with Gasteiger partial charge in [-0.1, -0.05) is 6.07 Å². The molecule has 1 amide bonds. The van der Waals surface area contributed by atoms with Crippen molar-refractivity contribution in [3.63, 3.8) is 0 Å². The maximum atomic E-state index is 12.2. The average Bonchev–Trinajstić information content (AvgIpc) is 2.74. The Morgan fingerprint density at radius 1 is 1.06 bits per heavy atom. The van der Waals surface area contributed by atoms with Gasteiger partial charge in [-0.2, -0.15) is 0 Å². The van der Waals surface area contributed by atoms with Crippen molar-refractivity contribution >= 4 is 17.6 Å². The minimum atomic E-state index is -0.755. The summed E-state index contributed by atoms with van der Waals surface area (Å²) in [5.74, 6) is 0.535. The Hall–Kier alpha value is -3.13. The van der Waals surface area contributed by atoms with E-state index in [0.717, 1.165) is 5.56 Å². The summed E-state index contributed by atoms with van der Waals surface area (Å²) in [4.78, 5) is 28.0. The second kappa shape index (κ2) is 11.5. The number of carbonyl (C=O) groups is 2. The predicted molar refractivity (Wildman–Crippen MR) is 121 cm³/mol. The normalized spacial score (nSPS) is 12.1. The Labute approximate surface area is 188 Å². The van der Waals surface area contributed by atoms with Crippen molar-refractivity contribution in [1.82, 2.24) is 4.98 Å². The van der Waals surface area contributed by atoms with E-state index in [1.54, 1.807) is 47.3 Å². The SMILES string of the molecule is COc1ccc(CCC(O)c2cncc(NC(=O)CCC(=O)OC(C)(C)C)c2)cc1OC. The fourth-order valence-corrected chi connectivity index (χ4v) is 3.05. The minimum Gasteiger partial charge on any atom is -0.493 e. The van der Waals surface area contributed by atoms with Crippen LogP contribution in [0.4, 0.5) is 5.69 Å². The van der Waals surface area contributed by atoms with E-state index in [1.807, 2.05) is 18.2 Å². The molecule has 0 aliphatic rings. The van der Waals surface area contributed by atoms with Gasteiger partial charge in [-0.05, 0) is 57.4 Å². The maximum absolute atomic E-state index is 12.2. The number of hydrogen-bond donors (Lipinski definition) is 2. The topological polar surface area (TPSA) is 107 Å². The van der Waals surface area contributed by atoms with Crippen LogP contribution < -0.4 is 14.8 Å². The van der Waals surface area contributed by atoms with Crippen molar-refractivity contribution in [2.45, 2.75) is 58.2 Å². The van der Waals surface area contributed by atoms with E-state index in [2.05, 4.69) is 10.3 Å². The van der Waals surface area contributed by atoms with Crippen LogP contribution >= 0.6 is 0 Å². The van der Waals surface area contributed by atoms with Crippen LogP contribution in [0.15, 0.2) is 36.7 Å². The molecule has 1 atom stereocenters. The van der Waals surface area contributed by atoms with Crippen LogP contribution in [0.1, 0.15) is 57.3 Å². The number of methoxy groups -OCH3 is 2. The molecule has 0 aliphatic carbocycles. The van der Waals surface area contributed by atoms with Gasteiger partial charge in [-0.3, -0.25) is 14.6 Å². The van der Waals surface area contributed by atoms with Crippen molar-refractivity contribution in [3.8, 4) is 11.5 Å². The highest BCUT2D eigenvalue weighted by Crippen LogP contribution is 2.29. The van der Waals surface area contributed by atoms with Gasteiger partial charge in [0.05, 0.1) is 38.6 Å². The largest absolute Gasteiger partial charge is 0.493 e. The summed E-state index contributed by atoms with van der Waals surface area (Å²) in [5, 5.41) is 13.3. The van der Waals surface area contributed by atoms with Crippen LogP contribution in [0.3, 0.4) is 0 Å². The molecule has 0 bridgehead atoms. The summed E-state index contributed by atoms with van der Waals surface area (Å²) in [6.07, 6.45) is 3.38. The number of amides is 1. The van der Waals surface area contributed by atoms with Crippen molar-refractivity contribution < 1.29 is 28.9 Å². The lowest BCUT2D eigenvalue weighted by molar-refractivity contribution is -0.155. The number of aryl methyl sites for hydroxylation is 1. The number of esters is 1. The number of rotatable bonds is 10. The molecule has 8 heteroatoms.